The lowest BCUT2D eigenvalue weighted by atomic mass is 9.73. The summed E-state index contributed by atoms with van der Waals surface area (Å²) in [5.41, 5.74) is 1.43. The number of likely N-dealkylation sites (tertiary alicyclic amines) is 1. The summed E-state index contributed by atoms with van der Waals surface area (Å²) in [6.45, 7) is 5.12. The minimum atomic E-state index is 0.198. The summed E-state index contributed by atoms with van der Waals surface area (Å²) in [6.07, 6.45) is 6.00. The van der Waals surface area contributed by atoms with Crippen LogP contribution in [0, 0.1) is 5.41 Å². The number of piperidine rings is 2. The van der Waals surface area contributed by atoms with Crippen molar-refractivity contribution < 1.29 is 9.53 Å². The number of ether oxygens (including phenoxy) is 1. The van der Waals surface area contributed by atoms with E-state index in [1.165, 1.54) is 12.0 Å². The van der Waals surface area contributed by atoms with Gasteiger partial charge < -0.3 is 19.4 Å². The second-order valence-corrected chi connectivity index (χ2v) is 8.10. The van der Waals surface area contributed by atoms with E-state index in [1.807, 2.05) is 11.1 Å². The highest BCUT2D eigenvalue weighted by atomic mass is 16.5. The Labute approximate surface area is 157 Å². The molecule has 2 aliphatic heterocycles. The highest BCUT2D eigenvalue weighted by molar-refractivity contribution is 5.77. The van der Waals surface area contributed by atoms with Crippen molar-refractivity contribution in [1.29, 1.82) is 0 Å². The Hall–Kier alpha value is -1.66. The molecule has 144 valence electrons. The fraction of sp³-hybridized carbons (Fsp3) is 0.700. The highest BCUT2D eigenvalue weighted by Crippen LogP contribution is 2.39. The zero-order valence-electron chi connectivity index (χ0n) is 16.4. The van der Waals surface area contributed by atoms with E-state index in [4.69, 9.17) is 9.72 Å². The third kappa shape index (κ3) is 4.54. The minimum Gasteiger partial charge on any atom is -0.383 e. The SMILES string of the molecule is COCCN1C[C@@]2(CCCN(c3ccc(CN(C)C)cn3)C2)CCC1=O. The summed E-state index contributed by atoms with van der Waals surface area (Å²) in [4.78, 5) is 23.5. The highest BCUT2D eigenvalue weighted by Gasteiger charge is 2.41. The van der Waals surface area contributed by atoms with Crippen molar-refractivity contribution in [3.63, 3.8) is 0 Å². The second-order valence-electron chi connectivity index (χ2n) is 8.10. The van der Waals surface area contributed by atoms with Gasteiger partial charge in [0.05, 0.1) is 6.61 Å². The molecule has 0 aromatic carbocycles. The molecule has 6 heteroatoms. The van der Waals surface area contributed by atoms with Gasteiger partial charge in [-0.2, -0.15) is 0 Å². The van der Waals surface area contributed by atoms with Gasteiger partial charge in [-0.05, 0) is 45.0 Å². The molecule has 6 nitrogen and oxygen atoms in total. The third-order valence-electron chi connectivity index (χ3n) is 5.61. The number of carbonyl (C=O) groups excluding carboxylic acids is 1. The Balaban J connectivity index is 1.67. The van der Waals surface area contributed by atoms with Crippen molar-refractivity contribution in [2.45, 2.75) is 32.2 Å². The molecule has 0 N–H and O–H groups in total. The zero-order valence-corrected chi connectivity index (χ0v) is 16.4. The summed E-state index contributed by atoms with van der Waals surface area (Å²) in [5, 5.41) is 0. The van der Waals surface area contributed by atoms with Crippen LogP contribution in [0.3, 0.4) is 0 Å². The van der Waals surface area contributed by atoms with Crippen molar-refractivity contribution in [3.05, 3.63) is 23.9 Å². The lowest BCUT2D eigenvalue weighted by Gasteiger charge is -2.48. The molecule has 2 saturated heterocycles. The number of methoxy groups -OCH3 is 1. The topological polar surface area (TPSA) is 48.9 Å². The molecule has 1 spiro atoms. The third-order valence-corrected chi connectivity index (χ3v) is 5.61. The van der Waals surface area contributed by atoms with Crippen LogP contribution >= 0.6 is 0 Å². The van der Waals surface area contributed by atoms with Gasteiger partial charge in [0.1, 0.15) is 5.82 Å². The molecule has 3 rings (SSSR count). The number of rotatable bonds is 6. The van der Waals surface area contributed by atoms with E-state index in [2.05, 4.69) is 36.0 Å². The fourth-order valence-electron chi connectivity index (χ4n) is 4.31. The maximum absolute atomic E-state index is 12.2. The predicted molar refractivity (Wildman–Crippen MR) is 103 cm³/mol. The molecule has 1 aromatic heterocycles. The van der Waals surface area contributed by atoms with Gasteiger partial charge in [0.15, 0.2) is 0 Å². The van der Waals surface area contributed by atoms with Gasteiger partial charge >= 0.3 is 0 Å². The predicted octanol–water partition coefficient (Wildman–Crippen LogP) is 2.00. The van der Waals surface area contributed by atoms with Crippen LogP contribution in [0.15, 0.2) is 18.3 Å². The molecule has 0 aliphatic carbocycles. The molecule has 26 heavy (non-hydrogen) atoms. The molecule has 2 aliphatic rings. The van der Waals surface area contributed by atoms with Crippen molar-refractivity contribution in [3.8, 4) is 0 Å². The van der Waals surface area contributed by atoms with Crippen LogP contribution in [0.2, 0.25) is 0 Å². The molecule has 0 bridgehead atoms. The molecule has 1 aromatic rings. The number of amides is 1. The van der Waals surface area contributed by atoms with Crippen molar-refractivity contribution >= 4 is 11.7 Å². The Bertz CT molecular complexity index is 604. The van der Waals surface area contributed by atoms with E-state index in [0.29, 0.717) is 19.6 Å². The second kappa shape index (κ2) is 8.35. The number of anilines is 1. The van der Waals surface area contributed by atoms with Crippen LogP contribution in [0.1, 0.15) is 31.2 Å². The van der Waals surface area contributed by atoms with Crippen molar-refractivity contribution in [1.82, 2.24) is 14.8 Å². The van der Waals surface area contributed by atoms with E-state index in [1.54, 1.807) is 7.11 Å². The van der Waals surface area contributed by atoms with Gasteiger partial charge in [-0.25, -0.2) is 4.98 Å². The molecule has 0 radical (unpaired) electrons. The maximum Gasteiger partial charge on any atom is 0.222 e. The van der Waals surface area contributed by atoms with Gasteiger partial charge in [-0.15, -0.1) is 0 Å². The lowest BCUT2D eigenvalue weighted by molar-refractivity contribution is -0.138. The van der Waals surface area contributed by atoms with Gasteiger partial charge in [0, 0.05) is 57.9 Å². The van der Waals surface area contributed by atoms with Gasteiger partial charge in [-0.3, -0.25) is 4.79 Å². The summed E-state index contributed by atoms with van der Waals surface area (Å²) in [7, 11) is 5.84. The first-order chi connectivity index (χ1) is 12.5. The smallest absolute Gasteiger partial charge is 0.222 e. The molecular weight excluding hydrogens is 328 g/mol. The fourth-order valence-corrected chi connectivity index (χ4v) is 4.31. The first kappa shape index (κ1) is 19.1. The number of hydrogen-bond acceptors (Lipinski definition) is 5. The van der Waals surface area contributed by atoms with E-state index < -0.39 is 0 Å². The van der Waals surface area contributed by atoms with E-state index in [0.717, 1.165) is 44.8 Å². The van der Waals surface area contributed by atoms with Crippen LogP contribution in [0.5, 0.6) is 0 Å². The van der Waals surface area contributed by atoms with E-state index in [9.17, 15) is 4.79 Å². The van der Waals surface area contributed by atoms with Gasteiger partial charge in [0.2, 0.25) is 5.91 Å². The van der Waals surface area contributed by atoms with Crippen LogP contribution in [-0.2, 0) is 16.1 Å². The molecule has 1 amide bonds. The van der Waals surface area contributed by atoms with Gasteiger partial charge in [0.25, 0.3) is 0 Å². The monoisotopic (exact) mass is 360 g/mol. The molecule has 0 saturated carbocycles. The van der Waals surface area contributed by atoms with Crippen LogP contribution in [0.25, 0.3) is 0 Å². The van der Waals surface area contributed by atoms with Crippen molar-refractivity contribution in [2.24, 2.45) is 5.41 Å². The number of nitrogens with zero attached hydrogens (tertiary/aromatic N) is 4. The number of aromatic nitrogens is 1. The standard InChI is InChI=1S/C20H32N4O2/c1-22(2)14-17-5-6-18(21-13-17)23-10-4-8-20(15-23)9-7-19(25)24(16-20)11-12-26-3/h5-6,13H,4,7-12,14-16H2,1-3H3/t20-/m0/s1. The molecule has 0 unspecified atom stereocenters. The summed E-state index contributed by atoms with van der Waals surface area (Å²) >= 11 is 0. The zero-order chi connectivity index (χ0) is 18.6. The molecule has 3 heterocycles. The van der Waals surface area contributed by atoms with Crippen LogP contribution in [-0.4, -0.2) is 74.7 Å². The number of carbonyl (C=O) groups is 1. The number of hydrogen-bond donors (Lipinski definition) is 0. The molecule has 1 atom stereocenters. The average Bonchev–Trinajstić information content (AvgIpc) is 2.63. The summed E-state index contributed by atoms with van der Waals surface area (Å²) < 4.78 is 5.18. The van der Waals surface area contributed by atoms with E-state index in [-0.39, 0.29) is 11.3 Å². The summed E-state index contributed by atoms with van der Waals surface area (Å²) in [6, 6.07) is 4.33. The molecule has 2 fully saturated rings. The largest absolute Gasteiger partial charge is 0.383 e. The van der Waals surface area contributed by atoms with Crippen LogP contribution < -0.4 is 4.90 Å². The quantitative estimate of drug-likeness (QED) is 0.777. The minimum absolute atomic E-state index is 0.198. The molecular formula is C20H32N4O2. The normalized spacial score (nSPS) is 23.9. The van der Waals surface area contributed by atoms with E-state index >= 15 is 0 Å². The Morgan fingerprint density at radius 3 is 2.81 bits per heavy atom. The number of pyridine rings is 1. The lowest BCUT2D eigenvalue weighted by Crippen LogP contribution is -2.54. The maximum atomic E-state index is 12.2. The van der Waals surface area contributed by atoms with Crippen molar-refractivity contribution in [2.75, 3.05) is 58.9 Å². The average molecular weight is 361 g/mol. The Morgan fingerprint density at radius 2 is 2.12 bits per heavy atom. The Morgan fingerprint density at radius 1 is 1.27 bits per heavy atom. The van der Waals surface area contributed by atoms with Crippen LogP contribution in [0.4, 0.5) is 5.82 Å². The first-order valence-electron chi connectivity index (χ1n) is 9.63. The summed E-state index contributed by atoms with van der Waals surface area (Å²) in [5.74, 6) is 1.34. The Kier molecular flexibility index (Phi) is 6.14. The van der Waals surface area contributed by atoms with Gasteiger partial charge in [-0.1, -0.05) is 6.07 Å². The first-order valence-corrected chi connectivity index (χ1v) is 9.63.